The summed E-state index contributed by atoms with van der Waals surface area (Å²) in [5.74, 6) is -0.192. The summed E-state index contributed by atoms with van der Waals surface area (Å²) in [6, 6.07) is 24.1. The van der Waals surface area contributed by atoms with Crippen molar-refractivity contribution in [1.82, 2.24) is 4.98 Å². The molecule has 0 unspecified atom stereocenters. The highest BCUT2D eigenvalue weighted by molar-refractivity contribution is 6.10. The largest absolute Gasteiger partial charge is 0.402 e. The fraction of sp³-hybridized carbons (Fsp3) is 0.0769. The summed E-state index contributed by atoms with van der Waals surface area (Å²) < 4.78 is 0. The third-order valence-corrected chi connectivity index (χ3v) is 5.62. The highest BCUT2D eigenvalue weighted by atomic mass is 16.1. The molecule has 3 aromatic carbocycles. The molecule has 146 valence electrons. The molecule has 1 amide bonds. The molecule has 0 spiro atoms. The first kappa shape index (κ1) is 18.1. The van der Waals surface area contributed by atoms with Crippen LogP contribution in [-0.4, -0.2) is 10.9 Å². The average Bonchev–Trinajstić information content (AvgIpc) is 2.80. The zero-order chi connectivity index (χ0) is 20.5. The maximum atomic E-state index is 12.9. The van der Waals surface area contributed by atoms with Crippen molar-refractivity contribution in [3.05, 3.63) is 113 Å². The number of aromatic nitrogens is 1. The van der Waals surface area contributed by atoms with E-state index >= 15 is 0 Å². The van der Waals surface area contributed by atoms with Gasteiger partial charge in [0.1, 0.15) is 0 Å². The number of pyridine rings is 1. The van der Waals surface area contributed by atoms with Crippen molar-refractivity contribution in [2.45, 2.75) is 12.8 Å². The second-order valence-corrected chi connectivity index (χ2v) is 7.46. The molecule has 4 nitrogen and oxygen atoms in total. The Morgan fingerprint density at radius 2 is 1.73 bits per heavy atom. The van der Waals surface area contributed by atoms with Gasteiger partial charge in [0.15, 0.2) is 0 Å². The van der Waals surface area contributed by atoms with Gasteiger partial charge in [-0.15, -0.1) is 0 Å². The normalized spacial score (nSPS) is 13.2. The van der Waals surface area contributed by atoms with Gasteiger partial charge in [0.25, 0.3) is 5.91 Å². The van der Waals surface area contributed by atoms with Gasteiger partial charge >= 0.3 is 0 Å². The number of carbonyl (C=O) groups excluding carboxylic acids is 1. The lowest BCUT2D eigenvalue weighted by molar-refractivity contribution is 0.102. The summed E-state index contributed by atoms with van der Waals surface area (Å²) in [4.78, 5) is 17.0. The van der Waals surface area contributed by atoms with E-state index in [1.165, 1.54) is 5.56 Å². The number of amides is 1. The molecule has 1 heterocycles. The maximum absolute atomic E-state index is 12.9. The number of nitrogens with zero attached hydrogens (tertiary/aromatic N) is 1. The smallest absolute Gasteiger partial charge is 0.257 e. The number of hydrogen-bond donors (Lipinski definition) is 2. The Labute approximate surface area is 175 Å². The molecule has 1 aromatic heterocycles. The molecule has 0 atom stereocenters. The number of carbonyl (C=O) groups is 1. The molecule has 30 heavy (non-hydrogen) atoms. The number of aryl methyl sites for hydroxylation is 1. The zero-order valence-electron chi connectivity index (χ0n) is 16.4. The van der Waals surface area contributed by atoms with Crippen molar-refractivity contribution in [2.75, 3.05) is 5.32 Å². The Kier molecular flexibility index (Phi) is 4.52. The van der Waals surface area contributed by atoms with Crippen molar-refractivity contribution in [2.24, 2.45) is 5.73 Å². The molecule has 1 aliphatic rings. The molecular formula is C26H21N3O. The molecule has 0 aliphatic heterocycles. The van der Waals surface area contributed by atoms with Crippen LogP contribution in [0.2, 0.25) is 0 Å². The lowest BCUT2D eigenvalue weighted by atomic mass is 9.82. The van der Waals surface area contributed by atoms with E-state index < -0.39 is 0 Å². The molecule has 4 aromatic rings. The van der Waals surface area contributed by atoms with Crippen molar-refractivity contribution in [1.29, 1.82) is 0 Å². The van der Waals surface area contributed by atoms with Crippen molar-refractivity contribution >= 4 is 27.9 Å². The van der Waals surface area contributed by atoms with Crippen LogP contribution >= 0.6 is 0 Å². The molecule has 3 N–H and O–H groups in total. The Morgan fingerprint density at radius 3 is 2.60 bits per heavy atom. The van der Waals surface area contributed by atoms with Crippen LogP contribution in [0.3, 0.4) is 0 Å². The van der Waals surface area contributed by atoms with Crippen LogP contribution in [0, 0.1) is 0 Å². The highest BCUT2D eigenvalue weighted by Crippen LogP contribution is 2.41. The van der Waals surface area contributed by atoms with Gasteiger partial charge in [-0.05, 0) is 52.9 Å². The van der Waals surface area contributed by atoms with E-state index in [4.69, 9.17) is 5.73 Å². The van der Waals surface area contributed by atoms with Crippen LogP contribution in [0.1, 0.15) is 33.5 Å². The molecule has 0 bridgehead atoms. The number of allylic oxidation sites excluding steroid dienone is 1. The molecular weight excluding hydrogens is 370 g/mol. The summed E-state index contributed by atoms with van der Waals surface area (Å²) >= 11 is 0. The Balaban J connectivity index is 1.72. The summed E-state index contributed by atoms with van der Waals surface area (Å²) in [5.41, 5.74) is 13.1. The van der Waals surface area contributed by atoms with Gasteiger partial charge < -0.3 is 11.1 Å². The maximum Gasteiger partial charge on any atom is 0.257 e. The Morgan fingerprint density at radius 1 is 0.900 bits per heavy atom. The van der Waals surface area contributed by atoms with Crippen molar-refractivity contribution in [3.63, 3.8) is 0 Å². The summed E-state index contributed by atoms with van der Waals surface area (Å²) in [7, 11) is 0. The second-order valence-electron chi connectivity index (χ2n) is 7.46. The highest BCUT2D eigenvalue weighted by Gasteiger charge is 2.23. The Bertz CT molecular complexity index is 1290. The number of rotatable bonds is 3. The van der Waals surface area contributed by atoms with E-state index in [0.717, 1.165) is 51.7 Å². The lowest BCUT2D eigenvalue weighted by Crippen LogP contribution is -2.16. The number of hydrogen-bond acceptors (Lipinski definition) is 3. The Hall–Kier alpha value is -3.92. The van der Waals surface area contributed by atoms with Crippen LogP contribution in [-0.2, 0) is 6.42 Å². The van der Waals surface area contributed by atoms with Gasteiger partial charge in [0.05, 0.1) is 5.56 Å². The van der Waals surface area contributed by atoms with Gasteiger partial charge in [-0.1, -0.05) is 54.6 Å². The van der Waals surface area contributed by atoms with E-state index in [1.54, 1.807) is 24.5 Å². The lowest BCUT2D eigenvalue weighted by Gasteiger charge is -2.25. The molecule has 0 radical (unpaired) electrons. The monoisotopic (exact) mass is 391 g/mol. The SMILES string of the molecule is NC1=C(c2c(NC(=O)c3cccnc3)ccc3ccccc23)c2ccccc2CC1. The first-order chi connectivity index (χ1) is 14.7. The summed E-state index contributed by atoms with van der Waals surface area (Å²) in [6.07, 6.45) is 4.95. The predicted molar refractivity (Wildman–Crippen MR) is 121 cm³/mol. The van der Waals surface area contributed by atoms with Crippen LogP contribution in [0.15, 0.2) is 90.9 Å². The third kappa shape index (κ3) is 3.12. The minimum atomic E-state index is -0.192. The van der Waals surface area contributed by atoms with Crippen LogP contribution in [0.4, 0.5) is 5.69 Å². The molecule has 0 fully saturated rings. The molecule has 4 heteroatoms. The van der Waals surface area contributed by atoms with Crippen molar-refractivity contribution < 1.29 is 4.79 Å². The average molecular weight is 391 g/mol. The van der Waals surface area contributed by atoms with Crippen molar-refractivity contribution in [3.8, 4) is 0 Å². The number of anilines is 1. The molecule has 0 saturated carbocycles. The van der Waals surface area contributed by atoms with E-state index in [0.29, 0.717) is 5.56 Å². The fourth-order valence-corrected chi connectivity index (χ4v) is 4.18. The van der Waals surface area contributed by atoms with Gasteiger partial charge in [-0.3, -0.25) is 9.78 Å². The molecule has 1 aliphatic carbocycles. The summed E-state index contributed by atoms with van der Waals surface area (Å²) in [6.45, 7) is 0. The molecule has 0 saturated heterocycles. The number of nitrogens with two attached hydrogens (primary N) is 1. The first-order valence-corrected chi connectivity index (χ1v) is 10.0. The van der Waals surface area contributed by atoms with E-state index in [1.807, 2.05) is 30.3 Å². The minimum Gasteiger partial charge on any atom is -0.402 e. The van der Waals surface area contributed by atoms with Gasteiger partial charge in [0, 0.05) is 34.9 Å². The minimum absolute atomic E-state index is 0.192. The number of benzene rings is 3. The van der Waals surface area contributed by atoms with E-state index in [2.05, 4.69) is 40.6 Å². The second kappa shape index (κ2) is 7.48. The van der Waals surface area contributed by atoms with Crippen LogP contribution < -0.4 is 11.1 Å². The van der Waals surface area contributed by atoms with Gasteiger partial charge in [0.2, 0.25) is 0 Å². The quantitative estimate of drug-likeness (QED) is 0.507. The third-order valence-electron chi connectivity index (χ3n) is 5.62. The zero-order valence-corrected chi connectivity index (χ0v) is 16.4. The van der Waals surface area contributed by atoms with Gasteiger partial charge in [-0.25, -0.2) is 0 Å². The topological polar surface area (TPSA) is 68.0 Å². The molecule has 5 rings (SSSR count). The first-order valence-electron chi connectivity index (χ1n) is 10.0. The standard InChI is InChI=1S/C26H21N3O/c27-22-13-11-17-6-1-3-9-20(17)24(22)25-21-10-4-2-7-18(21)12-14-23(25)29-26(30)19-8-5-15-28-16-19/h1-10,12,14-16H,11,13,27H2,(H,29,30). The summed E-state index contributed by atoms with van der Waals surface area (Å²) in [5, 5.41) is 5.27. The van der Waals surface area contributed by atoms with Gasteiger partial charge in [-0.2, -0.15) is 0 Å². The number of nitrogens with one attached hydrogen (secondary N) is 1. The number of fused-ring (bicyclic) bond motifs is 2. The van der Waals surface area contributed by atoms with Crippen LogP contribution in [0.5, 0.6) is 0 Å². The predicted octanol–water partition coefficient (Wildman–Crippen LogP) is 5.15. The van der Waals surface area contributed by atoms with E-state index in [9.17, 15) is 4.79 Å². The fourth-order valence-electron chi connectivity index (χ4n) is 4.18. The van der Waals surface area contributed by atoms with Crippen LogP contribution in [0.25, 0.3) is 16.3 Å². The van der Waals surface area contributed by atoms with E-state index in [-0.39, 0.29) is 5.91 Å².